The van der Waals surface area contributed by atoms with Crippen LogP contribution in [0.5, 0.6) is 0 Å². The van der Waals surface area contributed by atoms with Crippen molar-refractivity contribution in [3.63, 3.8) is 0 Å². The molecule has 1 aromatic rings. The lowest BCUT2D eigenvalue weighted by Gasteiger charge is -2.37. The maximum Gasteiger partial charge on any atom is 0.273 e. The average molecular weight is 534 g/mol. The van der Waals surface area contributed by atoms with Gasteiger partial charge in [0, 0.05) is 50.2 Å². The van der Waals surface area contributed by atoms with Crippen molar-refractivity contribution >= 4 is 15.9 Å². The number of nitrogens with one attached hydrogen (secondary N) is 2. The molecule has 4 atom stereocenters. The van der Waals surface area contributed by atoms with E-state index in [1.807, 2.05) is 0 Å². The average Bonchev–Trinajstić information content (AvgIpc) is 3.27. The predicted octanol–water partition coefficient (Wildman–Crippen LogP) is 2.57. The first kappa shape index (κ1) is 25.8. The van der Waals surface area contributed by atoms with Gasteiger partial charge in [0.1, 0.15) is 5.76 Å². The fourth-order valence-electron chi connectivity index (χ4n) is 7.38. The normalized spacial score (nSPS) is 31.7. The summed E-state index contributed by atoms with van der Waals surface area (Å²) in [7, 11) is -3.26. The zero-order chi connectivity index (χ0) is 25.4. The standard InChI is InChI=1S/C27H43N5O4S/c33-27(25-17-26(36-30-25)19-3-4-19)29-23-15-20-5-6-21(16-23)24(20)18-37(34,35)32-12-7-22(8-13-32)28-9-14-31-10-1-2-11-31/h17,19-24,28H,1-16,18H2,(H,29,33)/t20-,21+,23?,24?. The van der Waals surface area contributed by atoms with Gasteiger partial charge in [-0.25, -0.2) is 12.7 Å². The minimum Gasteiger partial charge on any atom is -0.360 e. The van der Waals surface area contributed by atoms with Crippen LogP contribution < -0.4 is 10.6 Å². The molecular weight excluding hydrogens is 490 g/mol. The molecule has 2 aliphatic heterocycles. The number of aromatic nitrogens is 1. The molecule has 0 radical (unpaired) electrons. The highest BCUT2D eigenvalue weighted by Gasteiger charge is 2.46. The van der Waals surface area contributed by atoms with Crippen LogP contribution >= 0.6 is 0 Å². The van der Waals surface area contributed by atoms with Gasteiger partial charge in [-0.2, -0.15) is 0 Å². The first-order valence-electron chi connectivity index (χ1n) is 14.7. The summed E-state index contributed by atoms with van der Waals surface area (Å²) in [5, 5.41) is 10.8. The molecule has 10 heteroatoms. The molecule has 2 unspecified atom stereocenters. The van der Waals surface area contributed by atoms with Crippen molar-refractivity contribution in [1.82, 2.24) is 25.0 Å². The number of hydrogen-bond donors (Lipinski definition) is 2. The van der Waals surface area contributed by atoms with E-state index in [0.717, 1.165) is 70.2 Å². The quantitative estimate of drug-likeness (QED) is 0.476. The molecule has 5 aliphatic rings. The molecule has 2 N–H and O–H groups in total. The van der Waals surface area contributed by atoms with Gasteiger partial charge in [0.25, 0.3) is 5.91 Å². The van der Waals surface area contributed by atoms with E-state index in [2.05, 4.69) is 20.7 Å². The number of sulfonamides is 1. The SMILES string of the molecule is O=C(NC1C[C@H]2CC[C@@H](C1)C2CS(=O)(=O)N1CCC(NCCN2CCCC2)CC1)c1cc(C2CC2)on1. The van der Waals surface area contributed by atoms with E-state index >= 15 is 0 Å². The molecular formula is C27H43N5O4S. The number of fused-ring (bicyclic) bond motifs is 2. The summed E-state index contributed by atoms with van der Waals surface area (Å²) in [5.74, 6) is 2.30. The minimum absolute atomic E-state index is 0.0902. The van der Waals surface area contributed by atoms with Crippen molar-refractivity contribution in [2.75, 3.05) is 45.0 Å². The van der Waals surface area contributed by atoms with Crippen LogP contribution in [0.25, 0.3) is 0 Å². The first-order valence-corrected chi connectivity index (χ1v) is 16.3. The van der Waals surface area contributed by atoms with Gasteiger partial charge in [-0.15, -0.1) is 0 Å². The maximum atomic E-state index is 13.4. The third-order valence-corrected chi connectivity index (χ3v) is 11.6. The largest absolute Gasteiger partial charge is 0.360 e. The highest BCUT2D eigenvalue weighted by molar-refractivity contribution is 7.89. The second-order valence-electron chi connectivity index (χ2n) is 12.2. The number of rotatable bonds is 10. The molecule has 2 bridgehead atoms. The third-order valence-electron chi connectivity index (χ3n) is 9.68. The fraction of sp³-hybridized carbons (Fsp3) is 0.852. The Balaban J connectivity index is 0.956. The summed E-state index contributed by atoms with van der Waals surface area (Å²) in [5.41, 5.74) is 0.368. The van der Waals surface area contributed by atoms with Crippen molar-refractivity contribution in [2.45, 2.75) is 82.2 Å². The number of piperidine rings is 1. The zero-order valence-corrected chi connectivity index (χ0v) is 22.8. The van der Waals surface area contributed by atoms with Gasteiger partial charge >= 0.3 is 0 Å². The molecule has 9 nitrogen and oxygen atoms in total. The van der Waals surface area contributed by atoms with E-state index in [4.69, 9.17) is 4.52 Å². The highest BCUT2D eigenvalue weighted by atomic mass is 32.2. The van der Waals surface area contributed by atoms with Crippen molar-refractivity contribution in [3.8, 4) is 0 Å². The Labute approximate surface area is 221 Å². The van der Waals surface area contributed by atoms with Crippen LogP contribution in [0.1, 0.15) is 86.4 Å². The Morgan fingerprint density at radius 2 is 1.68 bits per heavy atom. The Bertz CT molecular complexity index is 1030. The molecule has 37 heavy (non-hydrogen) atoms. The van der Waals surface area contributed by atoms with E-state index < -0.39 is 10.0 Å². The number of nitrogens with zero attached hydrogens (tertiary/aromatic N) is 3. The number of carbonyl (C=O) groups excluding carboxylic acids is 1. The molecule has 206 valence electrons. The molecule has 0 aromatic carbocycles. The molecule has 2 saturated heterocycles. The molecule has 3 aliphatic carbocycles. The molecule has 1 aromatic heterocycles. The Kier molecular flexibility index (Phi) is 7.62. The van der Waals surface area contributed by atoms with Gasteiger partial charge < -0.3 is 20.1 Å². The Hall–Kier alpha value is -1.49. The minimum atomic E-state index is -3.26. The first-order chi connectivity index (χ1) is 17.9. The van der Waals surface area contributed by atoms with E-state index in [1.165, 1.54) is 25.9 Å². The summed E-state index contributed by atoms with van der Waals surface area (Å²) in [4.78, 5) is 15.2. The number of amides is 1. The van der Waals surface area contributed by atoms with Crippen LogP contribution in [0.3, 0.4) is 0 Å². The van der Waals surface area contributed by atoms with Crippen molar-refractivity contribution in [2.24, 2.45) is 17.8 Å². The molecule has 1 amide bonds. The van der Waals surface area contributed by atoms with Crippen LogP contribution in [-0.4, -0.2) is 85.8 Å². The maximum absolute atomic E-state index is 13.4. The second kappa shape index (κ2) is 10.9. The molecule has 3 heterocycles. The summed E-state index contributed by atoms with van der Waals surface area (Å²) in [6.45, 7) is 5.80. The van der Waals surface area contributed by atoms with Gasteiger partial charge in [-0.3, -0.25) is 4.79 Å². The number of likely N-dealkylation sites (tertiary alicyclic amines) is 1. The lowest BCUT2D eigenvalue weighted by molar-refractivity contribution is 0.0893. The van der Waals surface area contributed by atoms with E-state index in [9.17, 15) is 13.2 Å². The Morgan fingerprint density at radius 1 is 0.973 bits per heavy atom. The lowest BCUT2D eigenvalue weighted by Crippen LogP contribution is -2.49. The number of carbonyl (C=O) groups is 1. The van der Waals surface area contributed by atoms with Gasteiger partial charge in [0.2, 0.25) is 10.0 Å². The monoisotopic (exact) mass is 533 g/mol. The van der Waals surface area contributed by atoms with Crippen LogP contribution in [0.15, 0.2) is 10.6 Å². The predicted molar refractivity (Wildman–Crippen MR) is 141 cm³/mol. The van der Waals surface area contributed by atoms with Gasteiger partial charge in [-0.05, 0) is 95.1 Å². The van der Waals surface area contributed by atoms with Gasteiger partial charge in [0.05, 0.1) is 5.75 Å². The van der Waals surface area contributed by atoms with Crippen molar-refractivity contribution in [3.05, 3.63) is 17.5 Å². The highest BCUT2D eigenvalue weighted by Crippen LogP contribution is 2.48. The molecule has 3 saturated carbocycles. The van der Waals surface area contributed by atoms with Gasteiger partial charge in [-0.1, -0.05) is 5.16 Å². The molecule has 5 fully saturated rings. The van der Waals surface area contributed by atoms with Crippen LogP contribution in [-0.2, 0) is 10.0 Å². The number of hydrogen-bond acceptors (Lipinski definition) is 7. The van der Waals surface area contributed by atoms with Crippen molar-refractivity contribution in [1.29, 1.82) is 0 Å². The van der Waals surface area contributed by atoms with Gasteiger partial charge in [0.15, 0.2) is 5.69 Å². The van der Waals surface area contributed by atoms with Crippen LogP contribution in [0, 0.1) is 17.8 Å². The topological polar surface area (TPSA) is 108 Å². The summed E-state index contributed by atoms with van der Waals surface area (Å²) in [6.07, 6.45) is 10.5. The third kappa shape index (κ3) is 6.07. The van der Waals surface area contributed by atoms with Crippen molar-refractivity contribution < 1.29 is 17.7 Å². The molecule has 6 rings (SSSR count). The molecule has 0 spiro atoms. The van der Waals surface area contributed by atoms with E-state index in [-0.39, 0.29) is 23.6 Å². The smallest absolute Gasteiger partial charge is 0.273 e. The fourth-order valence-corrected chi connectivity index (χ4v) is 9.39. The second-order valence-corrected chi connectivity index (χ2v) is 14.3. The lowest BCUT2D eigenvalue weighted by atomic mass is 9.77. The van der Waals surface area contributed by atoms with Crippen LogP contribution in [0.2, 0.25) is 0 Å². The Morgan fingerprint density at radius 3 is 2.35 bits per heavy atom. The van der Waals surface area contributed by atoms with Crippen LogP contribution in [0.4, 0.5) is 0 Å². The summed E-state index contributed by atoms with van der Waals surface area (Å²) in [6, 6.07) is 2.30. The summed E-state index contributed by atoms with van der Waals surface area (Å²) < 4.78 is 33.9. The van der Waals surface area contributed by atoms with E-state index in [0.29, 0.717) is 42.6 Å². The summed E-state index contributed by atoms with van der Waals surface area (Å²) >= 11 is 0. The van der Waals surface area contributed by atoms with E-state index in [1.54, 1.807) is 10.4 Å². The zero-order valence-electron chi connectivity index (χ0n) is 21.9.